The molecule has 1 aliphatic carbocycles. The number of fused-ring (bicyclic) bond motifs is 1. The number of aryl methyl sites for hydroxylation is 1. The molecule has 4 N–H and O–H groups in total. The third-order valence-corrected chi connectivity index (χ3v) is 6.42. The monoisotopic (exact) mass is 529 g/mol. The van der Waals surface area contributed by atoms with E-state index < -0.39 is 5.60 Å². The number of anilines is 1. The summed E-state index contributed by atoms with van der Waals surface area (Å²) in [5.74, 6) is 5.56. The van der Waals surface area contributed by atoms with E-state index in [9.17, 15) is 9.90 Å². The molecule has 39 heavy (non-hydrogen) atoms. The number of nitrogens with two attached hydrogens (primary N) is 1. The van der Waals surface area contributed by atoms with Gasteiger partial charge >= 0.3 is 0 Å². The lowest BCUT2D eigenvalue weighted by molar-refractivity contribution is -0.0308. The molecular weight excluding hydrogens is 498 g/mol. The van der Waals surface area contributed by atoms with Crippen molar-refractivity contribution in [2.45, 2.75) is 44.9 Å². The summed E-state index contributed by atoms with van der Waals surface area (Å²) in [4.78, 5) is 13.4. The Morgan fingerprint density at radius 1 is 1.23 bits per heavy atom. The van der Waals surface area contributed by atoms with Crippen molar-refractivity contribution >= 4 is 22.9 Å². The Kier molecular flexibility index (Phi) is 7.22. The first kappa shape index (κ1) is 26.2. The number of hydrogen-bond acceptors (Lipinski definition) is 8. The number of nitrogens with one attached hydrogen (secondary N) is 1. The molecule has 3 heterocycles. The molecule has 0 bridgehead atoms. The van der Waals surface area contributed by atoms with Crippen LogP contribution in [0.15, 0.2) is 70.4 Å². The van der Waals surface area contributed by atoms with Crippen LogP contribution in [0.1, 0.15) is 41.3 Å². The molecule has 0 aliphatic heterocycles. The van der Waals surface area contributed by atoms with E-state index in [2.05, 4.69) is 30.8 Å². The largest absolute Gasteiger partial charge is 0.386 e. The highest BCUT2D eigenvalue weighted by molar-refractivity contribution is 6.10. The molecule has 0 radical (unpaired) electrons. The van der Waals surface area contributed by atoms with Crippen molar-refractivity contribution in [2.75, 3.05) is 19.0 Å². The first-order valence-electron chi connectivity index (χ1n) is 12.6. The molecule has 4 aromatic rings. The molecule has 1 aromatic carbocycles. The van der Waals surface area contributed by atoms with Crippen molar-refractivity contribution in [3.63, 3.8) is 0 Å². The molecule has 0 spiro atoms. The summed E-state index contributed by atoms with van der Waals surface area (Å²) in [7, 11) is 1.54. The van der Waals surface area contributed by atoms with Gasteiger partial charge in [0, 0.05) is 36.3 Å². The fourth-order valence-electron chi connectivity index (χ4n) is 4.21. The minimum absolute atomic E-state index is 0.190. The number of azo groups is 1. The van der Waals surface area contributed by atoms with Gasteiger partial charge in [0.05, 0.1) is 42.7 Å². The molecule has 1 atom stereocenters. The van der Waals surface area contributed by atoms with Crippen LogP contribution in [-0.2, 0) is 11.3 Å². The fraction of sp³-hybridized carbons (Fsp3) is 0.333. The van der Waals surface area contributed by atoms with Gasteiger partial charge in [-0.1, -0.05) is 12.1 Å². The van der Waals surface area contributed by atoms with Crippen LogP contribution < -0.4 is 11.2 Å². The Hall–Kier alpha value is -4.42. The number of nitrogens with zero attached hydrogens (tertiary/aromatic N) is 7. The van der Waals surface area contributed by atoms with Gasteiger partial charge in [0.25, 0.3) is 5.91 Å². The summed E-state index contributed by atoms with van der Waals surface area (Å²) >= 11 is 0. The first-order valence-corrected chi connectivity index (χ1v) is 12.6. The maximum Gasteiger partial charge on any atom is 0.259 e. The van der Waals surface area contributed by atoms with Crippen LogP contribution in [0.5, 0.6) is 0 Å². The third kappa shape index (κ3) is 6.02. The number of amidine groups is 1. The summed E-state index contributed by atoms with van der Waals surface area (Å²) in [6.45, 7) is 4.07. The van der Waals surface area contributed by atoms with Gasteiger partial charge in [-0.15, -0.1) is 5.11 Å². The van der Waals surface area contributed by atoms with Crippen LogP contribution in [-0.4, -0.2) is 61.6 Å². The normalized spacial score (nSPS) is 15.6. The second kappa shape index (κ2) is 10.8. The summed E-state index contributed by atoms with van der Waals surface area (Å²) in [6, 6.07) is 9.53. The number of rotatable bonds is 9. The summed E-state index contributed by atoms with van der Waals surface area (Å²) < 4.78 is 8.40. The van der Waals surface area contributed by atoms with Crippen molar-refractivity contribution in [1.29, 1.82) is 0 Å². The van der Waals surface area contributed by atoms with Crippen LogP contribution in [0, 0.1) is 6.92 Å². The van der Waals surface area contributed by atoms with Crippen molar-refractivity contribution in [3.8, 4) is 11.1 Å². The van der Waals surface area contributed by atoms with E-state index in [-0.39, 0.29) is 25.1 Å². The van der Waals surface area contributed by atoms with Crippen molar-refractivity contribution < 1.29 is 14.6 Å². The number of benzene rings is 1. The molecule has 1 amide bonds. The van der Waals surface area contributed by atoms with Crippen LogP contribution >= 0.6 is 0 Å². The molecule has 12 heteroatoms. The van der Waals surface area contributed by atoms with E-state index in [0.29, 0.717) is 28.2 Å². The number of carbonyl (C=O) groups is 1. The van der Waals surface area contributed by atoms with Gasteiger partial charge in [-0.2, -0.15) is 20.4 Å². The van der Waals surface area contributed by atoms with Gasteiger partial charge in [-0.3, -0.25) is 9.48 Å². The molecule has 1 unspecified atom stereocenters. The Morgan fingerprint density at radius 2 is 2.05 bits per heavy atom. The van der Waals surface area contributed by atoms with E-state index in [1.807, 2.05) is 37.4 Å². The number of carbonyl (C=O) groups excluding carboxylic acids is 1. The molecule has 0 saturated heterocycles. The van der Waals surface area contributed by atoms with E-state index in [1.165, 1.54) is 6.20 Å². The second-order valence-corrected chi connectivity index (χ2v) is 10.0. The summed E-state index contributed by atoms with van der Waals surface area (Å²) in [5.41, 5.74) is 3.85. The molecule has 1 saturated carbocycles. The van der Waals surface area contributed by atoms with Gasteiger partial charge in [0.15, 0.2) is 5.84 Å². The van der Waals surface area contributed by atoms with Crippen LogP contribution in [0.3, 0.4) is 0 Å². The number of hydrazone groups is 1. The van der Waals surface area contributed by atoms with Crippen LogP contribution in [0.4, 0.5) is 5.69 Å². The number of aliphatic hydroxyl groups is 1. The van der Waals surface area contributed by atoms with Gasteiger partial charge in [0.1, 0.15) is 5.60 Å². The molecule has 5 rings (SSSR count). The van der Waals surface area contributed by atoms with Crippen LogP contribution in [0.2, 0.25) is 0 Å². The lowest BCUT2D eigenvalue weighted by Crippen LogP contribution is -2.35. The van der Waals surface area contributed by atoms with Gasteiger partial charge < -0.3 is 21.0 Å². The average molecular weight is 530 g/mol. The summed E-state index contributed by atoms with van der Waals surface area (Å²) in [6.07, 6.45) is 8.94. The number of pyridine rings is 1. The lowest BCUT2D eigenvalue weighted by Gasteiger charge is -2.21. The maximum atomic E-state index is 13.4. The summed E-state index contributed by atoms with van der Waals surface area (Å²) in [5, 5.41) is 34.3. The van der Waals surface area contributed by atoms with Crippen molar-refractivity contribution in [2.24, 2.45) is 21.2 Å². The van der Waals surface area contributed by atoms with E-state index >= 15 is 0 Å². The van der Waals surface area contributed by atoms with E-state index in [1.54, 1.807) is 41.7 Å². The molecular formula is C27H31N9O3. The number of ether oxygens (including phenoxy) is 1. The number of methoxy groups -OCH3 is 1. The minimum Gasteiger partial charge on any atom is -0.386 e. The zero-order valence-electron chi connectivity index (χ0n) is 22.1. The van der Waals surface area contributed by atoms with Crippen molar-refractivity contribution in [1.82, 2.24) is 19.4 Å². The smallest absolute Gasteiger partial charge is 0.259 e. The van der Waals surface area contributed by atoms with Gasteiger partial charge in [-0.25, -0.2) is 4.52 Å². The van der Waals surface area contributed by atoms with Crippen molar-refractivity contribution in [3.05, 3.63) is 71.8 Å². The fourth-order valence-corrected chi connectivity index (χ4v) is 4.21. The number of hydrogen-bond donors (Lipinski definition) is 3. The molecule has 1 fully saturated rings. The lowest BCUT2D eigenvalue weighted by atomic mass is 10.1. The molecule has 1 aliphatic rings. The highest BCUT2D eigenvalue weighted by Gasteiger charge is 2.22. The minimum atomic E-state index is -1.05. The SMILES string of the molecule is COCC(C)(O)Cn1cc(-c2ccn3ncc(C(=O)Nc4cc(/C(N=NC5CC5)=N/N)ccc4C)c3c2)cn1. The zero-order valence-corrected chi connectivity index (χ0v) is 22.1. The first-order chi connectivity index (χ1) is 18.8. The van der Waals surface area contributed by atoms with E-state index in [4.69, 9.17) is 10.6 Å². The molecule has 3 aromatic heterocycles. The van der Waals surface area contributed by atoms with E-state index in [0.717, 1.165) is 29.5 Å². The predicted octanol–water partition coefficient (Wildman–Crippen LogP) is 3.39. The predicted molar refractivity (Wildman–Crippen MR) is 147 cm³/mol. The highest BCUT2D eigenvalue weighted by Crippen LogP contribution is 2.26. The molecule has 202 valence electrons. The Balaban J connectivity index is 1.38. The number of amides is 1. The quantitative estimate of drug-likeness (QED) is 0.0992. The third-order valence-electron chi connectivity index (χ3n) is 6.42. The highest BCUT2D eigenvalue weighted by atomic mass is 16.5. The second-order valence-electron chi connectivity index (χ2n) is 10.0. The maximum absolute atomic E-state index is 13.4. The Labute approximate surface area is 225 Å². The Morgan fingerprint density at radius 3 is 2.79 bits per heavy atom. The zero-order chi connectivity index (χ0) is 27.6. The van der Waals surface area contributed by atoms with Crippen LogP contribution in [0.25, 0.3) is 16.6 Å². The topological polar surface area (TPSA) is 157 Å². The standard InChI is InChI=1S/C27H31N9O3/c1-17-4-5-19(25(32-28)34-33-21-6-7-21)10-23(17)31-26(37)22-13-30-36-9-8-18(11-24(22)36)20-12-29-35(14-20)15-27(2,38)16-39-3/h4-5,8-14,21,38H,6-7,15-16,28H2,1-3H3,(H,31,37)/b32-25-,34-33?. The van der Waals surface area contributed by atoms with Gasteiger partial charge in [-0.05, 0) is 56.0 Å². The number of aromatic nitrogens is 4. The van der Waals surface area contributed by atoms with Gasteiger partial charge in [0.2, 0.25) is 0 Å². The average Bonchev–Trinajstić information content (AvgIpc) is 3.45. The Bertz CT molecular complexity index is 1560. The molecule has 12 nitrogen and oxygen atoms in total.